The molecule has 0 bridgehead atoms. The average Bonchev–Trinajstić information content (AvgIpc) is 3.08. The molecule has 1 N–H and O–H groups in total. The molecule has 7 heteroatoms. The monoisotopic (exact) mass is 424 g/mol. The number of fused-ring (bicyclic) bond motifs is 1. The molecule has 0 spiro atoms. The first-order chi connectivity index (χ1) is 14.9. The normalized spacial score (nSPS) is 13.6. The van der Waals surface area contributed by atoms with Crippen molar-refractivity contribution in [3.63, 3.8) is 0 Å². The van der Waals surface area contributed by atoms with E-state index in [1.807, 2.05) is 37.3 Å². The second-order valence-electron chi connectivity index (χ2n) is 7.51. The van der Waals surface area contributed by atoms with E-state index in [0.29, 0.717) is 30.8 Å². The molecule has 0 radical (unpaired) electrons. The molecule has 2 aromatic carbocycles. The minimum Gasteiger partial charge on any atom is -0.466 e. The summed E-state index contributed by atoms with van der Waals surface area (Å²) in [5.41, 5.74) is 3.41. The minimum atomic E-state index is -0.566. The Morgan fingerprint density at radius 3 is 2.58 bits per heavy atom. The van der Waals surface area contributed by atoms with Crippen molar-refractivity contribution >= 4 is 17.8 Å². The molecule has 0 aliphatic carbocycles. The highest BCUT2D eigenvalue weighted by Gasteiger charge is 2.32. The molecule has 2 amide bonds. The third-order valence-corrected chi connectivity index (χ3v) is 5.28. The van der Waals surface area contributed by atoms with Crippen LogP contribution >= 0.6 is 0 Å². The fourth-order valence-corrected chi connectivity index (χ4v) is 3.66. The van der Waals surface area contributed by atoms with Gasteiger partial charge >= 0.3 is 5.97 Å². The van der Waals surface area contributed by atoms with Crippen molar-refractivity contribution in [2.24, 2.45) is 0 Å². The molecule has 0 saturated heterocycles. The Morgan fingerprint density at radius 1 is 1.16 bits per heavy atom. The fraction of sp³-hybridized carbons (Fsp3) is 0.375. The van der Waals surface area contributed by atoms with Crippen LogP contribution in [0.5, 0.6) is 0 Å². The first-order valence-electron chi connectivity index (χ1n) is 10.4. The summed E-state index contributed by atoms with van der Waals surface area (Å²) in [5, 5.41) is 2.93. The molecular weight excluding hydrogens is 396 g/mol. The lowest BCUT2D eigenvalue weighted by molar-refractivity contribution is -0.143. The molecule has 164 valence electrons. The summed E-state index contributed by atoms with van der Waals surface area (Å²) in [4.78, 5) is 39.9. The van der Waals surface area contributed by atoms with E-state index < -0.39 is 17.9 Å². The largest absolute Gasteiger partial charge is 0.466 e. The Kier molecular flexibility index (Phi) is 7.41. The molecule has 3 rings (SSSR count). The number of methoxy groups -OCH3 is 1. The second-order valence-corrected chi connectivity index (χ2v) is 7.51. The van der Waals surface area contributed by atoms with E-state index >= 15 is 0 Å². The second kappa shape index (κ2) is 10.2. The summed E-state index contributed by atoms with van der Waals surface area (Å²) in [6.07, 6.45) is 0.00553. The van der Waals surface area contributed by atoms with Crippen molar-refractivity contribution < 1.29 is 23.9 Å². The number of hydrogen-bond acceptors (Lipinski definition) is 5. The van der Waals surface area contributed by atoms with Gasteiger partial charge in [0.2, 0.25) is 0 Å². The molecule has 31 heavy (non-hydrogen) atoms. The van der Waals surface area contributed by atoms with Gasteiger partial charge < -0.3 is 19.7 Å². The predicted octanol–water partition coefficient (Wildman–Crippen LogP) is 3.02. The average molecular weight is 424 g/mol. The first-order valence-corrected chi connectivity index (χ1v) is 10.4. The fourth-order valence-electron chi connectivity index (χ4n) is 3.66. The molecule has 1 heterocycles. The van der Waals surface area contributed by atoms with Gasteiger partial charge in [0.25, 0.3) is 11.8 Å². The van der Waals surface area contributed by atoms with Gasteiger partial charge in [-0.25, -0.2) is 0 Å². The van der Waals surface area contributed by atoms with Gasteiger partial charge in [0, 0.05) is 20.2 Å². The maximum Gasteiger partial charge on any atom is 0.308 e. The zero-order valence-corrected chi connectivity index (χ0v) is 18.1. The van der Waals surface area contributed by atoms with Crippen LogP contribution < -0.4 is 5.32 Å². The third kappa shape index (κ3) is 5.30. The van der Waals surface area contributed by atoms with Gasteiger partial charge in [-0.3, -0.25) is 14.4 Å². The van der Waals surface area contributed by atoms with Crippen molar-refractivity contribution in [2.75, 3.05) is 26.9 Å². The lowest BCUT2D eigenvalue weighted by Gasteiger charge is -2.20. The van der Waals surface area contributed by atoms with Gasteiger partial charge in [0.05, 0.1) is 36.8 Å². The van der Waals surface area contributed by atoms with E-state index in [-0.39, 0.29) is 18.9 Å². The van der Waals surface area contributed by atoms with Crippen LogP contribution in [0.4, 0.5) is 0 Å². The van der Waals surface area contributed by atoms with E-state index in [2.05, 4.69) is 5.32 Å². The van der Waals surface area contributed by atoms with E-state index in [1.165, 1.54) is 0 Å². The molecule has 7 nitrogen and oxygen atoms in total. The number of amides is 2. The van der Waals surface area contributed by atoms with Crippen molar-refractivity contribution in [1.29, 1.82) is 0 Å². The van der Waals surface area contributed by atoms with Crippen LogP contribution in [0.25, 0.3) is 0 Å². The van der Waals surface area contributed by atoms with E-state index in [0.717, 1.165) is 16.7 Å². The summed E-state index contributed by atoms with van der Waals surface area (Å²) in [5.74, 6) is -0.975. The van der Waals surface area contributed by atoms with E-state index in [4.69, 9.17) is 9.47 Å². The Labute approximate surface area is 182 Å². The number of esters is 1. The topological polar surface area (TPSA) is 84.9 Å². The van der Waals surface area contributed by atoms with Crippen molar-refractivity contribution in [2.45, 2.75) is 32.9 Å². The molecule has 0 unspecified atom stereocenters. The van der Waals surface area contributed by atoms with Crippen molar-refractivity contribution in [1.82, 2.24) is 10.2 Å². The summed E-state index contributed by atoms with van der Waals surface area (Å²) in [7, 11) is 1.58. The first kappa shape index (κ1) is 22.5. The number of nitrogens with one attached hydrogen (secondary N) is 1. The van der Waals surface area contributed by atoms with Gasteiger partial charge in [-0.2, -0.15) is 0 Å². The highest BCUT2D eigenvalue weighted by Crippen LogP contribution is 2.27. The molecule has 0 fully saturated rings. The summed E-state index contributed by atoms with van der Waals surface area (Å²) < 4.78 is 10.2. The zero-order chi connectivity index (χ0) is 22.4. The number of hydrogen-bond donors (Lipinski definition) is 1. The van der Waals surface area contributed by atoms with Crippen LogP contribution in [0, 0.1) is 6.92 Å². The Bertz CT molecular complexity index is 955. The number of carbonyl (C=O) groups excluding carboxylic acids is 3. The minimum absolute atomic E-state index is 0.00553. The summed E-state index contributed by atoms with van der Waals surface area (Å²) in [6, 6.07) is 12.3. The van der Waals surface area contributed by atoms with Crippen LogP contribution in [0.1, 0.15) is 56.8 Å². The van der Waals surface area contributed by atoms with Gasteiger partial charge in [0.1, 0.15) is 0 Å². The van der Waals surface area contributed by atoms with Crippen LogP contribution in [-0.2, 0) is 20.8 Å². The quantitative estimate of drug-likeness (QED) is 0.626. The zero-order valence-electron chi connectivity index (χ0n) is 18.1. The summed E-state index contributed by atoms with van der Waals surface area (Å²) in [6.45, 7) is 5.31. The smallest absolute Gasteiger partial charge is 0.308 e. The number of aryl methyl sites for hydroxylation is 1. The lowest BCUT2D eigenvalue weighted by atomic mass is 9.99. The van der Waals surface area contributed by atoms with Crippen LogP contribution in [0.3, 0.4) is 0 Å². The number of carbonyl (C=O) groups is 3. The molecular formula is C24H28N2O5. The maximum absolute atomic E-state index is 13.2. The van der Waals surface area contributed by atoms with Crippen molar-refractivity contribution in [3.05, 3.63) is 70.3 Å². The molecule has 0 aromatic heterocycles. The standard InChI is InChI=1S/C24H28N2O5/c1-4-31-21(27)14-20(17-10-8-16(2)9-11-17)25-23(28)19-7-5-6-18-15-26(12-13-30-3)24(29)22(18)19/h5-11,20H,4,12-15H2,1-3H3,(H,25,28)/t20-/m0/s1. The molecule has 1 aliphatic rings. The van der Waals surface area contributed by atoms with Crippen molar-refractivity contribution in [3.8, 4) is 0 Å². The SMILES string of the molecule is CCOC(=O)C[C@H](NC(=O)c1cccc2c1C(=O)N(CCOC)C2)c1ccc(C)cc1. The maximum atomic E-state index is 13.2. The lowest BCUT2D eigenvalue weighted by Crippen LogP contribution is -2.32. The number of nitrogens with zero attached hydrogens (tertiary/aromatic N) is 1. The highest BCUT2D eigenvalue weighted by atomic mass is 16.5. The Balaban J connectivity index is 1.84. The van der Waals surface area contributed by atoms with Crippen LogP contribution in [0.2, 0.25) is 0 Å². The Morgan fingerprint density at radius 2 is 1.90 bits per heavy atom. The molecule has 2 aromatic rings. The van der Waals surface area contributed by atoms with Crippen LogP contribution in [0.15, 0.2) is 42.5 Å². The van der Waals surface area contributed by atoms with Crippen LogP contribution in [-0.4, -0.2) is 49.6 Å². The number of benzene rings is 2. The summed E-state index contributed by atoms with van der Waals surface area (Å²) >= 11 is 0. The third-order valence-electron chi connectivity index (χ3n) is 5.28. The van der Waals surface area contributed by atoms with Gasteiger partial charge in [-0.05, 0) is 31.0 Å². The van der Waals surface area contributed by atoms with Gasteiger partial charge in [-0.15, -0.1) is 0 Å². The van der Waals surface area contributed by atoms with Gasteiger partial charge in [0.15, 0.2) is 0 Å². The predicted molar refractivity (Wildman–Crippen MR) is 116 cm³/mol. The molecule has 1 atom stereocenters. The van der Waals surface area contributed by atoms with E-state index in [9.17, 15) is 14.4 Å². The van der Waals surface area contributed by atoms with E-state index in [1.54, 1.807) is 31.1 Å². The Hall–Kier alpha value is -3.19. The highest BCUT2D eigenvalue weighted by molar-refractivity contribution is 6.09. The molecule has 0 saturated carbocycles. The number of rotatable bonds is 9. The van der Waals surface area contributed by atoms with Gasteiger partial charge in [-0.1, -0.05) is 42.0 Å². The number of ether oxygens (including phenoxy) is 2. The molecule has 1 aliphatic heterocycles.